The Morgan fingerprint density at radius 2 is 1.49 bits per heavy atom. The van der Waals surface area contributed by atoms with Gasteiger partial charge < -0.3 is 24.6 Å². The van der Waals surface area contributed by atoms with E-state index in [9.17, 15) is 22.9 Å². The van der Waals surface area contributed by atoms with Crippen LogP contribution >= 0.6 is 34.8 Å². The molecule has 0 aromatic heterocycles. The summed E-state index contributed by atoms with van der Waals surface area (Å²) in [5.74, 6) is -1.07. The molecule has 2 atom stereocenters. The summed E-state index contributed by atoms with van der Waals surface area (Å²) < 4.78 is 41.8. The topological polar surface area (TPSA) is 79.0 Å². The first-order valence-corrected chi connectivity index (χ1v) is 19.8. The van der Waals surface area contributed by atoms with E-state index in [0.717, 1.165) is 27.2 Å². The molecule has 0 radical (unpaired) electrons. The largest absolute Gasteiger partial charge is 0.615 e. The minimum atomic E-state index is -4.17. The number of urea groups is 1. The lowest BCUT2D eigenvalue weighted by molar-refractivity contribution is -0.147. The lowest BCUT2D eigenvalue weighted by Crippen LogP contribution is -2.59. The van der Waals surface area contributed by atoms with Crippen LogP contribution in [-0.4, -0.2) is 76.8 Å². The molecule has 1 fully saturated rings. The Balaban J connectivity index is 1.35. The number of nitrogens with one attached hydrogen (secondary N) is 1. The van der Waals surface area contributed by atoms with Crippen LogP contribution in [0.3, 0.4) is 0 Å². The van der Waals surface area contributed by atoms with E-state index < -0.39 is 44.8 Å². The Hall–Kier alpha value is -3.38. The highest BCUT2D eigenvalue weighted by Crippen LogP contribution is 2.49. The normalized spacial score (nSPS) is 18.0. The van der Waals surface area contributed by atoms with Gasteiger partial charge in [0.05, 0.1) is 21.6 Å². The van der Waals surface area contributed by atoms with Crippen LogP contribution in [0.25, 0.3) is 0 Å². The van der Waals surface area contributed by atoms with Crippen LogP contribution in [0.5, 0.6) is 0 Å². The number of carbonyl (C=O) groups excluding carboxylic acids is 2. The number of alkyl halides is 3. The summed E-state index contributed by atoms with van der Waals surface area (Å²) in [6.07, 6.45) is 1.58. The molecule has 1 N–H and O–H groups in total. The fourth-order valence-corrected chi connectivity index (χ4v) is 10.1. The summed E-state index contributed by atoms with van der Waals surface area (Å²) in [7, 11) is 2.83. The molecule has 2 aliphatic rings. The van der Waals surface area contributed by atoms with Gasteiger partial charge in [-0.3, -0.25) is 4.79 Å². The van der Waals surface area contributed by atoms with Gasteiger partial charge in [-0.1, -0.05) is 114 Å². The zero-order chi connectivity index (χ0) is 38.0. The maximum absolute atomic E-state index is 14.6. The molecule has 6 rings (SSSR count). The Bertz CT molecular complexity index is 1870. The molecular weight excluding hydrogens is 761 g/mol. The minimum Gasteiger partial charge on any atom is -0.615 e. The number of rotatable bonds is 11. The van der Waals surface area contributed by atoms with E-state index in [-0.39, 0.29) is 23.0 Å². The first-order valence-electron chi connectivity index (χ1n) is 17.4. The lowest BCUT2D eigenvalue weighted by Gasteiger charge is -2.47. The Kier molecular flexibility index (Phi) is 12.0. The third-order valence-electron chi connectivity index (χ3n) is 10.8. The molecule has 2 aliphatic heterocycles. The maximum Gasteiger partial charge on any atom is 0.399 e. The molecule has 3 amide bonds. The predicted octanol–water partition coefficient (Wildman–Crippen LogP) is 8.55. The molecular formula is C40H41Cl3F2N4O3S. The highest BCUT2D eigenvalue weighted by atomic mass is 35.5. The predicted molar refractivity (Wildman–Crippen MR) is 208 cm³/mol. The van der Waals surface area contributed by atoms with E-state index >= 15 is 0 Å². The van der Waals surface area contributed by atoms with Crippen molar-refractivity contribution in [3.05, 3.63) is 141 Å². The van der Waals surface area contributed by atoms with E-state index in [4.69, 9.17) is 34.8 Å². The first-order chi connectivity index (χ1) is 25.2. The van der Waals surface area contributed by atoms with Gasteiger partial charge in [0.15, 0.2) is 4.75 Å². The summed E-state index contributed by atoms with van der Waals surface area (Å²) in [4.78, 5) is 32.1. The van der Waals surface area contributed by atoms with E-state index in [1.54, 1.807) is 25.2 Å². The number of likely N-dealkylation sites (N-methyl/N-ethyl adjacent to an activating group) is 2. The van der Waals surface area contributed by atoms with Crippen molar-refractivity contribution in [2.45, 2.75) is 46.7 Å². The van der Waals surface area contributed by atoms with Crippen molar-refractivity contribution in [2.75, 3.05) is 40.3 Å². The van der Waals surface area contributed by atoms with Crippen LogP contribution in [0, 0.1) is 0 Å². The highest BCUT2D eigenvalue weighted by molar-refractivity contribution is 7.92. The second kappa shape index (κ2) is 16.2. The van der Waals surface area contributed by atoms with Gasteiger partial charge in [0, 0.05) is 64.2 Å². The van der Waals surface area contributed by atoms with Crippen LogP contribution in [0.15, 0.2) is 103 Å². The molecule has 2 heterocycles. The number of hydrogen-bond acceptors (Lipinski definition) is 4. The summed E-state index contributed by atoms with van der Waals surface area (Å²) in [6.45, 7) is 1.34. The van der Waals surface area contributed by atoms with Gasteiger partial charge in [0.2, 0.25) is 0 Å². The summed E-state index contributed by atoms with van der Waals surface area (Å²) in [5, 5.41) is -0.524. The van der Waals surface area contributed by atoms with Gasteiger partial charge in [-0.2, -0.15) is 8.78 Å². The minimum absolute atomic E-state index is 0.202. The molecule has 1 saturated heterocycles. The molecule has 13 heteroatoms. The van der Waals surface area contributed by atoms with Crippen molar-refractivity contribution in [3.8, 4) is 0 Å². The number of amides is 3. The van der Waals surface area contributed by atoms with Crippen LogP contribution in [0.2, 0.25) is 10.0 Å². The molecule has 1 unspecified atom stereocenters. The summed E-state index contributed by atoms with van der Waals surface area (Å²) >= 11 is 17.2. The number of piperidine rings is 1. The van der Waals surface area contributed by atoms with Crippen LogP contribution in [0.1, 0.15) is 53.1 Å². The third kappa shape index (κ3) is 8.19. The van der Waals surface area contributed by atoms with Gasteiger partial charge in [0.1, 0.15) is 5.75 Å². The van der Waals surface area contributed by atoms with Crippen molar-refractivity contribution in [3.63, 3.8) is 0 Å². The van der Waals surface area contributed by atoms with Crippen molar-refractivity contribution >= 4 is 57.9 Å². The highest BCUT2D eigenvalue weighted by Gasteiger charge is 2.52. The average Bonchev–Trinajstić information content (AvgIpc) is 3.43. The number of carbonyl (C=O) groups is 2. The van der Waals surface area contributed by atoms with E-state index in [1.165, 1.54) is 11.9 Å². The zero-order valence-corrected chi connectivity index (χ0v) is 32.5. The fourth-order valence-electron chi connectivity index (χ4n) is 7.78. The first kappa shape index (κ1) is 39.3. The Morgan fingerprint density at radius 1 is 0.906 bits per heavy atom. The molecule has 0 aliphatic carbocycles. The SMILES string of the molecule is CN(CC(CCN1CCC2(CC1)c1ccccc1C[S@+]2[O-])(c1ccc(Cl)c(Cl)c1)N(C)C(=O)NC(c1ccccc1)c1ccccc1)C(=O)C(F)(F)Cl. The molecule has 1 spiro atoms. The fraction of sp³-hybridized carbons (Fsp3) is 0.350. The molecule has 0 bridgehead atoms. The second-order valence-corrected chi connectivity index (χ2v) is 16.9. The molecule has 0 saturated carbocycles. The molecule has 7 nitrogen and oxygen atoms in total. The van der Waals surface area contributed by atoms with Gasteiger partial charge >= 0.3 is 17.3 Å². The number of nitrogens with zero attached hydrogens (tertiary/aromatic N) is 3. The van der Waals surface area contributed by atoms with E-state index in [0.29, 0.717) is 43.8 Å². The number of fused-ring (bicyclic) bond motifs is 2. The van der Waals surface area contributed by atoms with Gasteiger partial charge in [0.25, 0.3) is 0 Å². The van der Waals surface area contributed by atoms with Crippen molar-refractivity contribution in [1.82, 2.24) is 20.0 Å². The standard InChI is InChI=1S/C40H41Cl3F2N4O3S/c1-47(36(50)40(43,44)45)27-38(31-17-18-33(41)34(42)25-31,19-22-49-23-20-39(21-24-49)32-16-10-9-15-30(32)26-53(39)52)48(2)37(51)46-35(28-11-5-3-6-12-28)29-13-7-4-8-14-29/h3-18,25,35H,19-24,26-27H2,1-2H3,(H,46,51)/t38?,53-/m0/s1. The van der Waals surface area contributed by atoms with Crippen molar-refractivity contribution in [2.24, 2.45) is 0 Å². The van der Waals surface area contributed by atoms with Gasteiger partial charge in [-0.05, 0) is 58.0 Å². The number of hydrogen-bond donors (Lipinski definition) is 1. The van der Waals surface area contributed by atoms with Crippen molar-refractivity contribution < 1.29 is 22.9 Å². The maximum atomic E-state index is 14.6. The number of likely N-dealkylation sites (tertiary alicyclic amines) is 1. The van der Waals surface area contributed by atoms with Crippen LogP contribution in [0.4, 0.5) is 13.6 Å². The van der Waals surface area contributed by atoms with Crippen LogP contribution < -0.4 is 5.32 Å². The molecule has 53 heavy (non-hydrogen) atoms. The molecule has 4 aromatic rings. The summed E-state index contributed by atoms with van der Waals surface area (Å²) in [6, 6.07) is 30.9. The summed E-state index contributed by atoms with van der Waals surface area (Å²) in [5.41, 5.74) is 3.04. The zero-order valence-electron chi connectivity index (χ0n) is 29.4. The van der Waals surface area contributed by atoms with Gasteiger partial charge in [-0.25, -0.2) is 4.79 Å². The second-order valence-electron chi connectivity index (χ2n) is 13.8. The smallest absolute Gasteiger partial charge is 0.399 e. The number of benzene rings is 4. The third-order valence-corrected chi connectivity index (χ3v) is 13.7. The van der Waals surface area contributed by atoms with E-state index in [2.05, 4.69) is 16.3 Å². The Labute approximate surface area is 327 Å². The van der Waals surface area contributed by atoms with Gasteiger partial charge in [-0.15, -0.1) is 0 Å². The number of halogens is 5. The molecule has 4 aromatic carbocycles. The molecule has 280 valence electrons. The lowest BCUT2D eigenvalue weighted by atomic mass is 9.83. The quantitative estimate of drug-likeness (QED) is 0.122. The Morgan fingerprint density at radius 3 is 2.08 bits per heavy atom. The van der Waals surface area contributed by atoms with Crippen LogP contribution in [-0.2, 0) is 32.0 Å². The monoisotopic (exact) mass is 800 g/mol. The van der Waals surface area contributed by atoms with E-state index in [1.807, 2.05) is 78.9 Å². The average molecular weight is 802 g/mol. The van der Waals surface area contributed by atoms with Crippen molar-refractivity contribution in [1.29, 1.82) is 0 Å².